The Kier molecular flexibility index (Phi) is 5.19. The minimum atomic E-state index is -3.47. The molecule has 1 N–H and O–H groups in total. The highest BCUT2D eigenvalue weighted by atomic mass is 79.9. The molecule has 0 heterocycles. The van der Waals surface area contributed by atoms with Crippen LogP contribution in [0.1, 0.15) is 18.9 Å². The first-order valence-corrected chi connectivity index (χ1v) is 7.70. The molecule has 0 aliphatic rings. The molecule has 1 atom stereocenters. The summed E-state index contributed by atoms with van der Waals surface area (Å²) in [6.45, 7) is 1.74. The highest BCUT2D eigenvalue weighted by molar-refractivity contribution is 9.08. The van der Waals surface area contributed by atoms with Gasteiger partial charge in [-0.15, -0.1) is 12.3 Å². The second-order valence-electron chi connectivity index (χ2n) is 3.71. The fourth-order valence-electron chi connectivity index (χ4n) is 1.31. The number of nitrogens with one attached hydrogen (secondary N) is 1. The molecule has 0 aromatic heterocycles. The Morgan fingerprint density at radius 2 is 2.00 bits per heavy atom. The fraction of sp³-hybridized carbons (Fsp3) is 0.333. The maximum Gasteiger partial charge on any atom is 0.240 e. The van der Waals surface area contributed by atoms with Crippen LogP contribution in [0.2, 0.25) is 0 Å². The predicted octanol–water partition coefficient (Wildman–Crippen LogP) is 2.27. The third-order valence-corrected chi connectivity index (χ3v) is 4.42. The van der Waals surface area contributed by atoms with Gasteiger partial charge in [-0.05, 0) is 24.6 Å². The maximum atomic E-state index is 11.9. The summed E-state index contributed by atoms with van der Waals surface area (Å²) in [6, 6.07) is 6.45. The number of terminal acetylenes is 1. The van der Waals surface area contributed by atoms with Crippen molar-refractivity contribution in [2.75, 3.05) is 0 Å². The van der Waals surface area contributed by atoms with Gasteiger partial charge in [0.25, 0.3) is 0 Å². The van der Waals surface area contributed by atoms with E-state index >= 15 is 0 Å². The van der Waals surface area contributed by atoms with Gasteiger partial charge in [-0.1, -0.05) is 28.1 Å². The zero-order chi connectivity index (χ0) is 12.9. The van der Waals surface area contributed by atoms with E-state index in [4.69, 9.17) is 6.42 Å². The van der Waals surface area contributed by atoms with Crippen LogP contribution in [0, 0.1) is 12.3 Å². The number of alkyl halides is 1. The average Bonchev–Trinajstić information content (AvgIpc) is 2.28. The van der Waals surface area contributed by atoms with Crippen LogP contribution in [0.15, 0.2) is 29.2 Å². The van der Waals surface area contributed by atoms with Gasteiger partial charge in [0, 0.05) is 17.8 Å². The molecule has 1 aromatic carbocycles. The van der Waals surface area contributed by atoms with Gasteiger partial charge >= 0.3 is 0 Å². The fourth-order valence-corrected chi connectivity index (χ4v) is 2.93. The van der Waals surface area contributed by atoms with Gasteiger partial charge in [-0.3, -0.25) is 0 Å². The minimum Gasteiger partial charge on any atom is -0.207 e. The Bertz CT molecular complexity index is 502. The van der Waals surface area contributed by atoms with E-state index in [1.54, 1.807) is 31.2 Å². The second-order valence-corrected chi connectivity index (χ2v) is 5.98. The summed E-state index contributed by atoms with van der Waals surface area (Å²) in [5, 5.41) is 0.703. The number of benzene rings is 1. The molecule has 0 bridgehead atoms. The maximum absolute atomic E-state index is 11.9. The number of hydrogen-bond donors (Lipinski definition) is 1. The van der Waals surface area contributed by atoms with Crippen LogP contribution >= 0.6 is 15.9 Å². The third kappa shape index (κ3) is 4.15. The van der Waals surface area contributed by atoms with E-state index in [2.05, 4.69) is 26.6 Å². The summed E-state index contributed by atoms with van der Waals surface area (Å²) < 4.78 is 26.4. The number of sulfonamides is 1. The smallest absolute Gasteiger partial charge is 0.207 e. The van der Waals surface area contributed by atoms with Crippen LogP contribution < -0.4 is 4.72 Å². The van der Waals surface area contributed by atoms with Crippen molar-refractivity contribution in [2.45, 2.75) is 29.6 Å². The molecule has 0 radical (unpaired) electrons. The lowest BCUT2D eigenvalue weighted by molar-refractivity contribution is 0.563. The zero-order valence-electron chi connectivity index (χ0n) is 9.48. The Labute approximate surface area is 111 Å². The van der Waals surface area contributed by atoms with Gasteiger partial charge in [0.2, 0.25) is 10.0 Å². The van der Waals surface area contributed by atoms with Crippen molar-refractivity contribution in [2.24, 2.45) is 0 Å². The third-order valence-electron chi connectivity index (χ3n) is 2.17. The molecule has 92 valence electrons. The van der Waals surface area contributed by atoms with Gasteiger partial charge in [0.05, 0.1) is 4.90 Å². The molecule has 0 spiro atoms. The van der Waals surface area contributed by atoms with Crippen molar-refractivity contribution in [1.82, 2.24) is 4.72 Å². The van der Waals surface area contributed by atoms with Crippen LogP contribution in [0.25, 0.3) is 0 Å². The van der Waals surface area contributed by atoms with Crippen molar-refractivity contribution >= 4 is 26.0 Å². The van der Waals surface area contributed by atoms with Crippen molar-refractivity contribution < 1.29 is 8.42 Å². The molecule has 5 heteroatoms. The molecule has 0 aliphatic heterocycles. The standard InChI is InChI=1S/C12H14BrNO2S/c1-3-4-10(2)14-17(15,16)12-7-5-11(9-13)6-8-12/h1,5-8,10,14H,4,9H2,2H3. The lowest BCUT2D eigenvalue weighted by Crippen LogP contribution is -2.32. The number of halogens is 1. The first-order chi connectivity index (χ1) is 7.99. The van der Waals surface area contributed by atoms with Gasteiger partial charge in [0.15, 0.2) is 0 Å². The average molecular weight is 316 g/mol. The number of rotatable bonds is 5. The Morgan fingerprint density at radius 3 is 2.47 bits per heavy atom. The van der Waals surface area contributed by atoms with E-state index in [1.165, 1.54) is 0 Å². The van der Waals surface area contributed by atoms with Gasteiger partial charge < -0.3 is 0 Å². The lowest BCUT2D eigenvalue weighted by atomic mass is 10.2. The molecule has 0 saturated carbocycles. The molecule has 3 nitrogen and oxygen atoms in total. The molecular formula is C12H14BrNO2S. The minimum absolute atomic E-state index is 0.256. The second kappa shape index (κ2) is 6.20. The molecule has 0 saturated heterocycles. The summed E-state index contributed by atoms with van der Waals surface area (Å²) in [4.78, 5) is 0.256. The summed E-state index contributed by atoms with van der Waals surface area (Å²) in [6.07, 6.45) is 5.51. The zero-order valence-corrected chi connectivity index (χ0v) is 11.9. The van der Waals surface area contributed by atoms with E-state index in [0.29, 0.717) is 11.8 Å². The SMILES string of the molecule is C#CCC(C)NS(=O)(=O)c1ccc(CBr)cc1. The summed E-state index contributed by atoms with van der Waals surface area (Å²) in [7, 11) is -3.47. The topological polar surface area (TPSA) is 46.2 Å². The molecule has 1 unspecified atom stereocenters. The molecule has 1 aromatic rings. The van der Waals surface area contributed by atoms with Crippen molar-refractivity contribution in [3.63, 3.8) is 0 Å². The molecular weight excluding hydrogens is 302 g/mol. The van der Waals surface area contributed by atoms with E-state index in [0.717, 1.165) is 5.56 Å². The van der Waals surface area contributed by atoms with Gasteiger partial charge in [-0.2, -0.15) is 0 Å². The monoisotopic (exact) mass is 315 g/mol. The van der Waals surface area contributed by atoms with Crippen LogP contribution in [-0.2, 0) is 15.4 Å². The molecule has 0 aliphatic carbocycles. The highest BCUT2D eigenvalue weighted by Gasteiger charge is 2.16. The van der Waals surface area contributed by atoms with Gasteiger partial charge in [-0.25, -0.2) is 13.1 Å². The van der Waals surface area contributed by atoms with Crippen molar-refractivity contribution in [1.29, 1.82) is 0 Å². The lowest BCUT2D eigenvalue weighted by Gasteiger charge is -2.11. The van der Waals surface area contributed by atoms with E-state index in [9.17, 15) is 8.42 Å². The first kappa shape index (κ1) is 14.2. The Hall–Kier alpha value is -0.830. The summed E-state index contributed by atoms with van der Waals surface area (Å²) in [5.74, 6) is 2.43. The molecule has 0 fully saturated rings. The van der Waals surface area contributed by atoms with Crippen LogP contribution in [-0.4, -0.2) is 14.5 Å². The first-order valence-electron chi connectivity index (χ1n) is 5.10. The van der Waals surface area contributed by atoms with E-state index < -0.39 is 10.0 Å². The van der Waals surface area contributed by atoms with Crippen LogP contribution in [0.3, 0.4) is 0 Å². The van der Waals surface area contributed by atoms with Crippen molar-refractivity contribution in [3.05, 3.63) is 29.8 Å². The quantitative estimate of drug-likeness (QED) is 0.669. The van der Waals surface area contributed by atoms with Crippen LogP contribution in [0.4, 0.5) is 0 Å². The van der Waals surface area contributed by atoms with E-state index in [1.807, 2.05) is 0 Å². The van der Waals surface area contributed by atoms with Gasteiger partial charge in [0.1, 0.15) is 0 Å². The van der Waals surface area contributed by atoms with Crippen LogP contribution in [0.5, 0.6) is 0 Å². The Balaban J connectivity index is 2.86. The number of hydrogen-bond acceptors (Lipinski definition) is 2. The molecule has 1 rings (SSSR count). The summed E-state index contributed by atoms with van der Waals surface area (Å²) >= 11 is 3.31. The molecule has 17 heavy (non-hydrogen) atoms. The highest BCUT2D eigenvalue weighted by Crippen LogP contribution is 2.13. The van der Waals surface area contributed by atoms with Crippen molar-refractivity contribution in [3.8, 4) is 12.3 Å². The van der Waals surface area contributed by atoms with E-state index in [-0.39, 0.29) is 10.9 Å². The largest absolute Gasteiger partial charge is 0.240 e. The Morgan fingerprint density at radius 1 is 1.41 bits per heavy atom. The predicted molar refractivity (Wildman–Crippen MR) is 72.3 cm³/mol. The summed E-state index contributed by atoms with van der Waals surface area (Å²) in [5.41, 5.74) is 1.03. The normalized spacial score (nSPS) is 13.0. The molecule has 0 amide bonds.